The molecule has 0 aliphatic rings. The Balaban J connectivity index is 1.95. The van der Waals surface area contributed by atoms with Crippen LogP contribution in [0.3, 0.4) is 0 Å². The van der Waals surface area contributed by atoms with Crippen molar-refractivity contribution < 1.29 is 13.2 Å². The molecule has 1 aromatic heterocycles. The van der Waals surface area contributed by atoms with Crippen LogP contribution in [0.1, 0.15) is 28.7 Å². The van der Waals surface area contributed by atoms with Gasteiger partial charge >= 0.3 is 0 Å². The Morgan fingerprint density at radius 2 is 1.79 bits per heavy atom. The minimum Gasteiger partial charge on any atom is -0.345 e. The molecule has 1 heterocycles. The van der Waals surface area contributed by atoms with Gasteiger partial charge < -0.3 is 9.47 Å². The number of aryl methyl sites for hydroxylation is 2. The van der Waals surface area contributed by atoms with Gasteiger partial charge in [-0.15, -0.1) is 0 Å². The summed E-state index contributed by atoms with van der Waals surface area (Å²) in [6.07, 6.45) is 0.637. The van der Waals surface area contributed by atoms with Gasteiger partial charge in [0.15, 0.2) is 0 Å². The quantitative estimate of drug-likeness (QED) is 0.621. The Morgan fingerprint density at radius 1 is 1.10 bits per heavy atom. The average molecular weight is 415 g/mol. The van der Waals surface area contributed by atoms with Gasteiger partial charge in [0.25, 0.3) is 5.91 Å². The monoisotopic (exact) mass is 414 g/mol. The molecular weight excluding hydrogens is 388 g/mol. The zero-order chi connectivity index (χ0) is 21.3. The first kappa shape index (κ1) is 21.0. The first-order valence-corrected chi connectivity index (χ1v) is 10.8. The first-order chi connectivity index (χ1) is 13.7. The largest absolute Gasteiger partial charge is 0.345 e. The molecule has 1 amide bonds. The zero-order valence-corrected chi connectivity index (χ0v) is 18.2. The first-order valence-electron chi connectivity index (χ1n) is 9.38. The lowest BCUT2D eigenvalue weighted by atomic mass is 10.2. The van der Waals surface area contributed by atoms with Crippen LogP contribution in [0.15, 0.2) is 47.4 Å². The summed E-state index contributed by atoms with van der Waals surface area (Å²) in [6, 6.07) is 12.4. The number of hydrogen-bond acceptors (Lipinski definition) is 4. The molecule has 0 N–H and O–H groups in total. The van der Waals surface area contributed by atoms with E-state index >= 15 is 0 Å². The van der Waals surface area contributed by atoms with E-state index in [1.54, 1.807) is 45.4 Å². The van der Waals surface area contributed by atoms with Crippen molar-refractivity contribution >= 4 is 27.0 Å². The van der Waals surface area contributed by atoms with Crippen LogP contribution < -0.4 is 0 Å². The smallest absolute Gasteiger partial charge is 0.253 e. The molecule has 0 aliphatic heterocycles. The molecule has 0 saturated carbocycles. The Hall–Kier alpha value is -2.71. The fourth-order valence-corrected chi connectivity index (χ4v) is 4.70. The lowest BCUT2D eigenvalue weighted by Crippen LogP contribution is -2.28. The molecule has 29 heavy (non-hydrogen) atoms. The van der Waals surface area contributed by atoms with Crippen molar-refractivity contribution in [1.29, 1.82) is 0 Å². The maximum atomic E-state index is 13.1. The molecular formula is C21H26N4O3S. The molecule has 8 heteroatoms. The summed E-state index contributed by atoms with van der Waals surface area (Å²) < 4.78 is 29.4. The molecule has 2 aromatic carbocycles. The van der Waals surface area contributed by atoms with Crippen molar-refractivity contribution in [3.05, 3.63) is 59.4 Å². The van der Waals surface area contributed by atoms with Gasteiger partial charge in [-0.05, 0) is 36.2 Å². The molecule has 7 nitrogen and oxygen atoms in total. The van der Waals surface area contributed by atoms with Crippen LogP contribution in [0.25, 0.3) is 11.0 Å². The summed E-state index contributed by atoms with van der Waals surface area (Å²) in [5.41, 5.74) is 2.84. The number of sulfonamides is 1. The van der Waals surface area contributed by atoms with Crippen molar-refractivity contribution in [1.82, 2.24) is 18.8 Å². The van der Waals surface area contributed by atoms with Crippen LogP contribution in [0.4, 0.5) is 0 Å². The molecule has 3 aromatic rings. The minimum atomic E-state index is -3.65. The lowest BCUT2D eigenvalue weighted by Gasteiger charge is -2.18. The maximum Gasteiger partial charge on any atom is 0.253 e. The zero-order valence-electron chi connectivity index (χ0n) is 17.4. The topological polar surface area (TPSA) is 75.5 Å². The van der Waals surface area contributed by atoms with Gasteiger partial charge in [0, 0.05) is 33.8 Å². The molecule has 3 rings (SSSR count). The summed E-state index contributed by atoms with van der Waals surface area (Å²) in [7, 11) is 3.15. The second kappa shape index (κ2) is 7.96. The van der Waals surface area contributed by atoms with Gasteiger partial charge in [0.1, 0.15) is 5.82 Å². The third-order valence-corrected chi connectivity index (χ3v) is 6.94. The van der Waals surface area contributed by atoms with Gasteiger partial charge in [-0.1, -0.05) is 25.1 Å². The summed E-state index contributed by atoms with van der Waals surface area (Å²) in [4.78, 5) is 18.6. The van der Waals surface area contributed by atoms with E-state index in [9.17, 15) is 13.2 Å². The van der Waals surface area contributed by atoms with E-state index in [1.165, 1.54) is 9.21 Å². The number of nitrogens with zero attached hydrogens (tertiary/aromatic N) is 4. The van der Waals surface area contributed by atoms with Gasteiger partial charge in [-0.25, -0.2) is 13.4 Å². The van der Waals surface area contributed by atoms with Gasteiger partial charge in [0.2, 0.25) is 10.0 Å². The van der Waals surface area contributed by atoms with Crippen LogP contribution in [0.2, 0.25) is 0 Å². The average Bonchev–Trinajstić information content (AvgIpc) is 3.01. The number of carbonyl (C=O) groups excluding carboxylic acids is 1. The van der Waals surface area contributed by atoms with Gasteiger partial charge in [0.05, 0.1) is 22.5 Å². The molecule has 0 spiro atoms. The Labute approximate surface area is 171 Å². The van der Waals surface area contributed by atoms with Crippen LogP contribution in [0, 0.1) is 0 Å². The second-order valence-corrected chi connectivity index (χ2v) is 9.23. The minimum absolute atomic E-state index is 0.102. The number of hydrogen-bond donors (Lipinski definition) is 0. The second-order valence-electron chi connectivity index (χ2n) is 7.21. The lowest BCUT2D eigenvalue weighted by molar-refractivity contribution is 0.0827. The van der Waals surface area contributed by atoms with Crippen LogP contribution in [-0.4, -0.2) is 54.2 Å². The van der Waals surface area contributed by atoms with E-state index in [-0.39, 0.29) is 12.5 Å². The summed E-state index contributed by atoms with van der Waals surface area (Å²) in [6.45, 7) is 2.06. The Morgan fingerprint density at radius 3 is 2.45 bits per heavy atom. The fraction of sp³-hybridized carbons (Fsp3) is 0.333. The summed E-state index contributed by atoms with van der Waals surface area (Å²) in [5, 5.41) is 0. The molecule has 154 valence electrons. The highest BCUT2D eigenvalue weighted by Crippen LogP contribution is 2.23. The highest BCUT2D eigenvalue weighted by molar-refractivity contribution is 7.89. The number of rotatable bonds is 6. The third kappa shape index (κ3) is 3.90. The number of imidazole rings is 1. The number of benzene rings is 2. The van der Waals surface area contributed by atoms with Crippen molar-refractivity contribution in [2.24, 2.45) is 7.05 Å². The predicted molar refractivity (Wildman–Crippen MR) is 113 cm³/mol. The highest BCUT2D eigenvalue weighted by atomic mass is 32.2. The molecule has 0 saturated heterocycles. The van der Waals surface area contributed by atoms with Crippen molar-refractivity contribution in [3.8, 4) is 0 Å². The standard InChI is InChI=1S/C21H26N4O3S/c1-6-15-9-7-8-10-19(15)29(27,28)24(4)14-20-22-17-13-16(21(26)23(2)3)11-12-18(17)25(20)5/h7-13H,6,14H2,1-5H3. The van der Waals surface area contributed by atoms with Gasteiger partial charge in [-0.2, -0.15) is 4.31 Å². The maximum absolute atomic E-state index is 13.1. The normalized spacial score (nSPS) is 11.9. The summed E-state index contributed by atoms with van der Waals surface area (Å²) in [5.74, 6) is 0.504. The van der Waals surface area contributed by atoms with E-state index in [1.807, 2.05) is 36.7 Å². The molecule has 0 atom stereocenters. The number of aromatic nitrogens is 2. The van der Waals surface area contributed by atoms with Crippen molar-refractivity contribution in [3.63, 3.8) is 0 Å². The summed E-state index contributed by atoms with van der Waals surface area (Å²) >= 11 is 0. The highest BCUT2D eigenvalue weighted by Gasteiger charge is 2.25. The number of carbonyl (C=O) groups is 1. The van der Waals surface area contributed by atoms with Gasteiger partial charge in [-0.3, -0.25) is 4.79 Å². The Bertz CT molecular complexity index is 1170. The molecule has 0 bridgehead atoms. The predicted octanol–water partition coefficient (Wildman–Crippen LogP) is 2.66. The van der Waals surface area contributed by atoms with Crippen molar-refractivity contribution in [2.75, 3.05) is 21.1 Å². The SMILES string of the molecule is CCc1ccccc1S(=O)(=O)N(C)Cc1nc2cc(C(=O)N(C)C)ccc2n1C. The van der Waals surface area contributed by atoms with E-state index in [2.05, 4.69) is 4.98 Å². The van der Waals surface area contributed by atoms with Crippen LogP contribution >= 0.6 is 0 Å². The van der Waals surface area contributed by atoms with Crippen LogP contribution in [0.5, 0.6) is 0 Å². The van der Waals surface area contributed by atoms with Crippen LogP contribution in [-0.2, 0) is 30.0 Å². The Kier molecular flexibility index (Phi) is 5.77. The van der Waals surface area contributed by atoms with Crippen molar-refractivity contribution in [2.45, 2.75) is 24.8 Å². The van der Waals surface area contributed by atoms with E-state index < -0.39 is 10.0 Å². The van der Waals surface area contributed by atoms with E-state index in [0.717, 1.165) is 11.1 Å². The third-order valence-electron chi connectivity index (χ3n) is 5.03. The molecule has 0 aliphatic carbocycles. The fourth-order valence-electron chi connectivity index (χ4n) is 3.28. The molecule has 0 radical (unpaired) electrons. The van der Waals surface area contributed by atoms with E-state index in [4.69, 9.17) is 0 Å². The number of fused-ring (bicyclic) bond motifs is 1. The molecule has 0 fully saturated rings. The number of amides is 1. The van der Waals surface area contributed by atoms with E-state index in [0.29, 0.717) is 28.2 Å². The molecule has 0 unspecified atom stereocenters.